The number of esters is 1. The van der Waals surface area contributed by atoms with E-state index in [0.717, 1.165) is 65.1 Å². The maximum atomic E-state index is 14.3. The lowest BCUT2D eigenvalue weighted by atomic mass is 9.85. The van der Waals surface area contributed by atoms with Gasteiger partial charge in [-0.25, -0.2) is 9.97 Å². The van der Waals surface area contributed by atoms with E-state index in [9.17, 15) is 19.2 Å². The molecule has 4 aromatic heterocycles. The van der Waals surface area contributed by atoms with Crippen molar-refractivity contribution in [1.82, 2.24) is 40.3 Å². The van der Waals surface area contributed by atoms with Crippen LogP contribution < -0.4 is 10.6 Å². The number of benzene rings is 3. The van der Waals surface area contributed by atoms with Gasteiger partial charge in [-0.1, -0.05) is 75.4 Å². The number of thiazole rings is 1. The van der Waals surface area contributed by atoms with Crippen LogP contribution in [0.4, 0.5) is 0 Å². The molecular formula is C50H51N9O6S2. The van der Waals surface area contributed by atoms with Crippen LogP contribution in [0.3, 0.4) is 0 Å². The molecule has 2 N–H and O–H groups in total. The maximum Gasteiger partial charge on any atom is 0.308 e. The number of carbonyl (C=O) groups excluding carboxylic acids is 4. The number of aliphatic imine (C=N–C) groups is 1. The van der Waals surface area contributed by atoms with Crippen molar-refractivity contribution in [3.63, 3.8) is 0 Å². The van der Waals surface area contributed by atoms with Gasteiger partial charge in [0.25, 0.3) is 5.89 Å². The van der Waals surface area contributed by atoms with Crippen molar-refractivity contribution >= 4 is 63.2 Å². The molecule has 0 radical (unpaired) electrons. The number of aryl methyl sites for hydroxylation is 3. The van der Waals surface area contributed by atoms with Crippen LogP contribution >= 0.6 is 22.7 Å². The van der Waals surface area contributed by atoms with E-state index in [4.69, 9.17) is 14.1 Å². The zero-order valence-corrected chi connectivity index (χ0v) is 40.2. The van der Waals surface area contributed by atoms with Crippen molar-refractivity contribution in [3.05, 3.63) is 123 Å². The topological polar surface area (TPSA) is 187 Å². The molecule has 1 saturated heterocycles. The van der Waals surface area contributed by atoms with Crippen LogP contribution in [0.5, 0.6) is 0 Å². The first-order valence-electron chi connectivity index (χ1n) is 22.2. The summed E-state index contributed by atoms with van der Waals surface area (Å²) in [4.78, 5) is 72.3. The predicted octanol–water partition coefficient (Wildman–Crippen LogP) is 8.40. The van der Waals surface area contributed by atoms with Gasteiger partial charge in [0.2, 0.25) is 11.8 Å². The molecule has 0 spiro atoms. The Kier molecular flexibility index (Phi) is 12.2. The van der Waals surface area contributed by atoms with Crippen LogP contribution in [0, 0.1) is 33.1 Å². The lowest BCUT2D eigenvalue weighted by Gasteiger charge is -2.35. The number of nitrogens with one attached hydrogen (secondary N) is 2. The van der Waals surface area contributed by atoms with Crippen molar-refractivity contribution in [1.29, 1.82) is 0 Å². The van der Waals surface area contributed by atoms with Gasteiger partial charge >= 0.3 is 11.9 Å². The minimum atomic E-state index is -0.964. The second-order valence-corrected chi connectivity index (χ2v) is 20.2. The van der Waals surface area contributed by atoms with Crippen LogP contribution in [0.15, 0.2) is 81.7 Å². The fourth-order valence-electron chi connectivity index (χ4n) is 8.76. The minimum Gasteiger partial charge on any atom is -0.469 e. The van der Waals surface area contributed by atoms with Crippen molar-refractivity contribution in [2.24, 2.45) is 10.4 Å². The summed E-state index contributed by atoms with van der Waals surface area (Å²) in [6, 6.07) is 19.3. The third kappa shape index (κ3) is 8.80. The number of thiophene rings is 1. The molecule has 0 bridgehead atoms. The molecule has 3 atom stereocenters. The summed E-state index contributed by atoms with van der Waals surface area (Å²) in [5.41, 5.74) is 10.4. The number of fused-ring (bicyclic) bond motifs is 4. The fraction of sp³-hybridized carbons (Fsp3) is 0.340. The van der Waals surface area contributed by atoms with Crippen LogP contribution in [-0.2, 0) is 25.7 Å². The lowest BCUT2D eigenvalue weighted by molar-refractivity contribution is -0.142. The molecule has 3 amide bonds. The van der Waals surface area contributed by atoms with Gasteiger partial charge in [-0.2, -0.15) is 0 Å². The van der Waals surface area contributed by atoms with E-state index in [2.05, 4.69) is 44.6 Å². The number of oxazole rings is 1. The highest BCUT2D eigenvalue weighted by molar-refractivity contribution is 7.15. The number of amides is 3. The number of aromatic nitrogens is 5. The quantitative estimate of drug-likeness (QED) is 0.119. The fourth-order valence-corrected chi connectivity index (χ4v) is 10.8. The van der Waals surface area contributed by atoms with Gasteiger partial charge in [0.15, 0.2) is 11.4 Å². The van der Waals surface area contributed by atoms with E-state index >= 15 is 0 Å². The molecule has 7 aromatic rings. The normalized spacial score (nSPS) is 16.2. The number of rotatable bonds is 11. The van der Waals surface area contributed by atoms with Gasteiger partial charge in [-0.05, 0) is 85.9 Å². The number of methoxy groups -OCH3 is 1. The van der Waals surface area contributed by atoms with Gasteiger partial charge < -0.3 is 24.7 Å². The molecule has 17 heteroatoms. The van der Waals surface area contributed by atoms with E-state index in [1.807, 2.05) is 105 Å². The van der Waals surface area contributed by atoms with Gasteiger partial charge in [0, 0.05) is 29.1 Å². The number of likely N-dealkylation sites (tertiary alicyclic amines) is 1. The third-order valence-electron chi connectivity index (χ3n) is 12.6. The van der Waals surface area contributed by atoms with Crippen LogP contribution in [0.2, 0.25) is 0 Å². The predicted molar refractivity (Wildman–Crippen MR) is 257 cm³/mol. The monoisotopic (exact) mass is 937 g/mol. The smallest absolute Gasteiger partial charge is 0.308 e. The number of nitrogens with zero attached hydrogens (tertiary/aromatic N) is 7. The molecular weight excluding hydrogens is 887 g/mol. The molecule has 0 aliphatic carbocycles. The van der Waals surface area contributed by atoms with E-state index in [1.54, 1.807) is 33.6 Å². The van der Waals surface area contributed by atoms with Crippen LogP contribution in [-0.4, -0.2) is 84.8 Å². The lowest BCUT2D eigenvalue weighted by Crippen LogP contribution is -2.57. The van der Waals surface area contributed by atoms with Crippen molar-refractivity contribution < 1.29 is 28.3 Å². The summed E-state index contributed by atoms with van der Waals surface area (Å²) in [5.74, 6) is -0.474. The first-order valence-corrected chi connectivity index (χ1v) is 23.9. The van der Waals surface area contributed by atoms with Crippen molar-refractivity contribution in [2.45, 2.75) is 92.4 Å². The standard InChI is InChI=1S/C50H51N9O6S2/c1-26-28(3)67-49-40(26)41(53-36(23-39(60)64-8)44-57-56-29(4)59(44)49)32-17-15-31(16-18-32)34-19-20-38-35(22-34)54-47(65-38)46(62)55-43(50(5,6)7)48(63)58-21-9-10-37(58)45(61)51-24-30-11-13-33(14-12-30)42-27(2)52-25-66-42/h11-20,22,25,36-37,43H,9-10,21,23-24H2,1-8H3,(H,51,61)(H,55,62)/t36?,37-,43+/m0/s1. The van der Waals surface area contributed by atoms with E-state index in [-0.39, 0.29) is 24.1 Å². The highest BCUT2D eigenvalue weighted by atomic mass is 32.1. The molecule has 2 aliphatic heterocycles. The summed E-state index contributed by atoms with van der Waals surface area (Å²) in [6.45, 7) is 14.4. The number of ether oxygens (including phenoxy) is 1. The van der Waals surface area contributed by atoms with Crippen LogP contribution in [0.25, 0.3) is 37.7 Å². The largest absolute Gasteiger partial charge is 0.469 e. The average Bonchev–Trinajstić information content (AvgIpc) is 4.17. The van der Waals surface area contributed by atoms with Crippen molar-refractivity contribution in [2.75, 3.05) is 13.7 Å². The van der Waals surface area contributed by atoms with Gasteiger partial charge in [0.1, 0.15) is 34.5 Å². The van der Waals surface area contributed by atoms with Gasteiger partial charge in [-0.15, -0.1) is 32.9 Å². The Labute approximate surface area is 395 Å². The maximum absolute atomic E-state index is 14.3. The second-order valence-electron chi connectivity index (χ2n) is 18.1. The second kappa shape index (κ2) is 18.1. The van der Waals surface area contributed by atoms with E-state index in [0.29, 0.717) is 48.7 Å². The molecule has 9 rings (SSSR count). The molecule has 15 nitrogen and oxygen atoms in total. The zero-order chi connectivity index (χ0) is 47.3. The van der Waals surface area contributed by atoms with Gasteiger partial charge in [0.05, 0.1) is 35.3 Å². The summed E-state index contributed by atoms with van der Waals surface area (Å²) in [5, 5.41) is 15.7. The van der Waals surface area contributed by atoms with Crippen molar-refractivity contribution in [3.8, 4) is 26.6 Å². The molecule has 344 valence electrons. The Hall–Kier alpha value is -6.85. The SMILES string of the molecule is COC(=O)CC1N=C(c2ccc(-c3ccc4oc(C(=O)N[C@H](C(=O)N5CCC[C@H]5C(=O)NCc5ccc(-c6scnc6C)cc5)C(C)(C)C)nc4c3)cc2)c2c(sc(C)c2C)-n2c(C)nnc21. The Balaban J connectivity index is 0.900. The molecule has 3 aromatic carbocycles. The van der Waals surface area contributed by atoms with E-state index < -0.39 is 35.4 Å². The van der Waals surface area contributed by atoms with Crippen LogP contribution in [0.1, 0.15) is 101 Å². The average molecular weight is 938 g/mol. The first-order chi connectivity index (χ1) is 32.1. The zero-order valence-electron chi connectivity index (χ0n) is 38.6. The molecule has 6 heterocycles. The molecule has 1 fully saturated rings. The third-order valence-corrected chi connectivity index (χ3v) is 14.7. The number of hydrogen-bond acceptors (Lipinski definition) is 13. The van der Waals surface area contributed by atoms with E-state index in [1.165, 1.54) is 7.11 Å². The Bertz CT molecular complexity index is 3080. The molecule has 1 unspecified atom stereocenters. The van der Waals surface area contributed by atoms with Gasteiger partial charge in [-0.3, -0.25) is 28.7 Å². The highest BCUT2D eigenvalue weighted by Crippen LogP contribution is 2.40. The summed E-state index contributed by atoms with van der Waals surface area (Å²) < 4.78 is 13.0. The summed E-state index contributed by atoms with van der Waals surface area (Å²) in [7, 11) is 1.36. The summed E-state index contributed by atoms with van der Waals surface area (Å²) in [6.07, 6.45) is 1.20. The number of hydrogen-bond donors (Lipinski definition) is 2. The molecule has 2 aliphatic rings. The molecule has 0 saturated carbocycles. The first kappa shape index (κ1) is 45.3. The Morgan fingerprint density at radius 1 is 0.925 bits per heavy atom. The highest BCUT2D eigenvalue weighted by Gasteiger charge is 2.42. The minimum absolute atomic E-state index is 0.0118. The molecule has 67 heavy (non-hydrogen) atoms. The Morgan fingerprint density at radius 2 is 1.64 bits per heavy atom. The summed E-state index contributed by atoms with van der Waals surface area (Å²) >= 11 is 3.23. The number of carbonyl (C=O) groups is 4. The Morgan fingerprint density at radius 3 is 2.34 bits per heavy atom.